The van der Waals surface area contributed by atoms with E-state index in [1.54, 1.807) is 0 Å². The van der Waals surface area contributed by atoms with Crippen LogP contribution in [-0.2, 0) is 9.53 Å². The molecule has 16 heavy (non-hydrogen) atoms. The molecule has 1 atom stereocenters. The third-order valence-corrected chi connectivity index (χ3v) is 3.38. The molecule has 1 rings (SSSR count). The summed E-state index contributed by atoms with van der Waals surface area (Å²) in [6.45, 7) is 2.11. The van der Waals surface area contributed by atoms with Crippen molar-refractivity contribution in [1.29, 1.82) is 0 Å². The highest BCUT2D eigenvalue weighted by molar-refractivity contribution is 8.00. The van der Waals surface area contributed by atoms with E-state index in [9.17, 15) is 4.79 Å². The first kappa shape index (κ1) is 13.1. The van der Waals surface area contributed by atoms with E-state index in [2.05, 4.69) is 29.1 Å². The van der Waals surface area contributed by atoms with Gasteiger partial charge in [0.25, 0.3) is 0 Å². The zero-order valence-corrected chi connectivity index (χ0v) is 10.6. The summed E-state index contributed by atoms with van der Waals surface area (Å²) >= 11 is 1.49. The highest BCUT2D eigenvalue weighted by Crippen LogP contribution is 2.20. The number of methoxy groups -OCH3 is 1. The van der Waals surface area contributed by atoms with E-state index in [0.29, 0.717) is 11.8 Å². The lowest BCUT2D eigenvalue weighted by molar-refractivity contribution is -0.137. The van der Waals surface area contributed by atoms with E-state index in [4.69, 9.17) is 0 Å². The fourth-order valence-electron chi connectivity index (χ4n) is 1.22. The van der Waals surface area contributed by atoms with Crippen LogP contribution >= 0.6 is 11.8 Å². The number of rotatable bonds is 5. The Labute approximate surface area is 101 Å². The summed E-state index contributed by atoms with van der Waals surface area (Å²) in [5.41, 5.74) is 1.24. The molecule has 0 bridgehead atoms. The van der Waals surface area contributed by atoms with Crippen LogP contribution in [0.15, 0.2) is 29.2 Å². The average molecular weight is 239 g/mol. The van der Waals surface area contributed by atoms with Gasteiger partial charge in [0, 0.05) is 10.9 Å². The lowest BCUT2D eigenvalue weighted by Gasteiger charge is -2.10. The topological polar surface area (TPSA) is 38.3 Å². The van der Waals surface area contributed by atoms with Crippen LogP contribution < -0.4 is 5.32 Å². The average Bonchev–Trinajstić information content (AvgIpc) is 2.35. The zero-order valence-electron chi connectivity index (χ0n) is 9.82. The molecule has 0 aliphatic carbocycles. The fourth-order valence-corrected chi connectivity index (χ4v) is 1.95. The van der Waals surface area contributed by atoms with E-state index >= 15 is 0 Å². The molecule has 0 aliphatic rings. The van der Waals surface area contributed by atoms with E-state index in [1.165, 1.54) is 24.4 Å². The third kappa shape index (κ3) is 3.87. The second-order valence-electron chi connectivity index (χ2n) is 3.44. The molecule has 4 heteroatoms. The number of nitrogens with one attached hydrogen (secondary N) is 1. The molecule has 3 nitrogen and oxygen atoms in total. The van der Waals surface area contributed by atoms with E-state index in [0.717, 1.165) is 4.90 Å². The van der Waals surface area contributed by atoms with Gasteiger partial charge >= 0.3 is 5.97 Å². The van der Waals surface area contributed by atoms with Crippen LogP contribution in [0.3, 0.4) is 0 Å². The first-order valence-electron chi connectivity index (χ1n) is 5.14. The number of hydrogen-bond acceptors (Lipinski definition) is 4. The summed E-state index contributed by atoms with van der Waals surface area (Å²) in [6, 6.07) is 8.54. The number of esters is 1. The molecular weight excluding hydrogens is 222 g/mol. The number of benzene rings is 1. The van der Waals surface area contributed by atoms with Crippen LogP contribution in [0.5, 0.6) is 0 Å². The standard InChI is InChI=1S/C12H17NO2S/c1-9(13-2)10-4-6-11(7-5-10)16-8-12(14)15-3/h4-7,9,13H,8H2,1-3H3. The third-order valence-electron chi connectivity index (χ3n) is 2.40. The van der Waals surface area contributed by atoms with Gasteiger partial charge in [0.1, 0.15) is 0 Å². The molecule has 1 unspecified atom stereocenters. The van der Waals surface area contributed by atoms with Crippen molar-refractivity contribution in [2.45, 2.75) is 17.9 Å². The summed E-state index contributed by atoms with van der Waals surface area (Å²) in [4.78, 5) is 12.0. The summed E-state index contributed by atoms with van der Waals surface area (Å²) in [7, 11) is 3.34. The Hall–Kier alpha value is -1.00. The Morgan fingerprint density at radius 1 is 1.44 bits per heavy atom. The Morgan fingerprint density at radius 3 is 2.56 bits per heavy atom. The molecular formula is C12H17NO2S. The summed E-state index contributed by atoms with van der Waals surface area (Å²) in [5.74, 6) is 0.162. The second kappa shape index (κ2) is 6.55. The minimum absolute atomic E-state index is 0.197. The molecule has 0 amide bonds. The normalized spacial score (nSPS) is 12.2. The predicted octanol–water partition coefficient (Wildman–Crippen LogP) is 2.23. The molecule has 0 aromatic heterocycles. The first-order chi connectivity index (χ1) is 7.67. The number of hydrogen-bond donors (Lipinski definition) is 1. The van der Waals surface area contributed by atoms with Crippen molar-refractivity contribution in [3.8, 4) is 0 Å². The van der Waals surface area contributed by atoms with Gasteiger partial charge in [0.15, 0.2) is 0 Å². The highest BCUT2D eigenvalue weighted by Gasteiger charge is 2.04. The molecule has 88 valence electrons. The molecule has 0 aliphatic heterocycles. The lowest BCUT2D eigenvalue weighted by atomic mass is 10.1. The number of carbonyl (C=O) groups excluding carboxylic acids is 1. The van der Waals surface area contributed by atoms with E-state index in [1.807, 2.05) is 19.2 Å². The fraction of sp³-hybridized carbons (Fsp3) is 0.417. The number of thioether (sulfide) groups is 1. The highest BCUT2D eigenvalue weighted by atomic mass is 32.2. The Balaban J connectivity index is 2.54. The maximum Gasteiger partial charge on any atom is 0.315 e. The summed E-state index contributed by atoms with van der Waals surface area (Å²) in [6.07, 6.45) is 0. The van der Waals surface area contributed by atoms with Crippen LogP contribution in [0.25, 0.3) is 0 Å². The smallest absolute Gasteiger partial charge is 0.315 e. The van der Waals surface area contributed by atoms with Crippen LogP contribution in [0.1, 0.15) is 18.5 Å². The Bertz CT molecular complexity index is 337. The van der Waals surface area contributed by atoms with E-state index in [-0.39, 0.29) is 5.97 Å². The van der Waals surface area contributed by atoms with Crippen LogP contribution in [-0.4, -0.2) is 25.9 Å². The van der Waals surface area contributed by atoms with Gasteiger partial charge in [-0.1, -0.05) is 12.1 Å². The Morgan fingerprint density at radius 2 is 2.06 bits per heavy atom. The number of ether oxygens (including phenoxy) is 1. The minimum atomic E-state index is -0.197. The zero-order chi connectivity index (χ0) is 12.0. The van der Waals surface area contributed by atoms with Gasteiger partial charge in [-0.15, -0.1) is 11.8 Å². The predicted molar refractivity (Wildman–Crippen MR) is 66.7 cm³/mol. The van der Waals surface area contributed by atoms with Crippen LogP contribution in [0.2, 0.25) is 0 Å². The summed E-state index contributed by atoms with van der Waals surface area (Å²) in [5, 5.41) is 3.18. The number of carbonyl (C=O) groups is 1. The molecule has 0 saturated heterocycles. The van der Waals surface area contributed by atoms with Crippen molar-refractivity contribution in [3.63, 3.8) is 0 Å². The minimum Gasteiger partial charge on any atom is -0.468 e. The van der Waals surface area contributed by atoms with Gasteiger partial charge in [0.05, 0.1) is 12.9 Å². The van der Waals surface area contributed by atoms with Gasteiger partial charge < -0.3 is 10.1 Å². The first-order valence-corrected chi connectivity index (χ1v) is 6.12. The van der Waals surface area contributed by atoms with Gasteiger partial charge in [-0.05, 0) is 31.7 Å². The van der Waals surface area contributed by atoms with Crippen molar-refractivity contribution in [2.24, 2.45) is 0 Å². The molecule has 1 aromatic rings. The van der Waals surface area contributed by atoms with Crippen LogP contribution in [0.4, 0.5) is 0 Å². The maximum absolute atomic E-state index is 11.0. The van der Waals surface area contributed by atoms with Crippen molar-refractivity contribution >= 4 is 17.7 Å². The lowest BCUT2D eigenvalue weighted by Crippen LogP contribution is -2.11. The van der Waals surface area contributed by atoms with E-state index < -0.39 is 0 Å². The molecule has 0 saturated carbocycles. The van der Waals surface area contributed by atoms with Crippen molar-refractivity contribution < 1.29 is 9.53 Å². The summed E-state index contributed by atoms with van der Waals surface area (Å²) < 4.78 is 4.58. The Kier molecular flexibility index (Phi) is 5.35. The molecule has 0 spiro atoms. The molecule has 0 radical (unpaired) electrons. The quantitative estimate of drug-likeness (QED) is 0.631. The second-order valence-corrected chi connectivity index (χ2v) is 4.49. The molecule has 1 aromatic carbocycles. The molecule has 0 fully saturated rings. The largest absolute Gasteiger partial charge is 0.468 e. The van der Waals surface area contributed by atoms with Gasteiger partial charge in [-0.3, -0.25) is 4.79 Å². The van der Waals surface area contributed by atoms with Gasteiger partial charge in [-0.25, -0.2) is 0 Å². The van der Waals surface area contributed by atoms with Crippen molar-refractivity contribution in [2.75, 3.05) is 19.9 Å². The van der Waals surface area contributed by atoms with Crippen molar-refractivity contribution in [3.05, 3.63) is 29.8 Å². The van der Waals surface area contributed by atoms with Gasteiger partial charge in [0.2, 0.25) is 0 Å². The van der Waals surface area contributed by atoms with Crippen molar-refractivity contribution in [1.82, 2.24) is 5.32 Å². The molecule has 0 heterocycles. The van der Waals surface area contributed by atoms with Gasteiger partial charge in [-0.2, -0.15) is 0 Å². The molecule has 1 N–H and O–H groups in total. The monoisotopic (exact) mass is 239 g/mol. The SMILES string of the molecule is CNC(C)c1ccc(SCC(=O)OC)cc1. The van der Waals surface area contributed by atoms with Crippen LogP contribution in [0, 0.1) is 0 Å². The maximum atomic E-state index is 11.0.